The van der Waals surface area contributed by atoms with Crippen molar-refractivity contribution < 1.29 is 22.7 Å². The molecule has 3 aromatic carbocycles. The van der Waals surface area contributed by atoms with Crippen molar-refractivity contribution in [2.75, 3.05) is 36.8 Å². The van der Waals surface area contributed by atoms with Gasteiger partial charge in [0.15, 0.2) is 0 Å². The highest BCUT2D eigenvalue weighted by molar-refractivity contribution is 7.92. The maximum atomic E-state index is 15.8. The molecule has 0 spiro atoms. The minimum Gasteiger partial charge on any atom is -0.489 e. The number of hydrogen-bond acceptors (Lipinski definition) is 8. The van der Waals surface area contributed by atoms with Gasteiger partial charge in [0.05, 0.1) is 16.6 Å². The fourth-order valence-corrected chi connectivity index (χ4v) is 6.98. The van der Waals surface area contributed by atoms with Crippen LogP contribution in [0.15, 0.2) is 53.6 Å². The summed E-state index contributed by atoms with van der Waals surface area (Å²) in [6.07, 6.45) is 2.48. The van der Waals surface area contributed by atoms with E-state index in [9.17, 15) is 13.5 Å². The molecule has 1 aromatic heterocycles. The number of aromatic nitrogens is 2. The number of hydrogen-bond donors (Lipinski definition) is 3. The summed E-state index contributed by atoms with van der Waals surface area (Å²) in [7, 11) is -2.07. The van der Waals surface area contributed by atoms with Crippen LogP contribution in [-0.4, -0.2) is 61.2 Å². The van der Waals surface area contributed by atoms with E-state index < -0.39 is 21.9 Å². The molecule has 3 N–H and O–H groups in total. The van der Waals surface area contributed by atoms with Gasteiger partial charge in [-0.1, -0.05) is 23.7 Å². The summed E-state index contributed by atoms with van der Waals surface area (Å²) in [6.45, 7) is 3.64. The van der Waals surface area contributed by atoms with E-state index in [0.717, 1.165) is 25.9 Å². The SMILES string of the molecule is Cc1c(NS(=O)(=O)c2cc(Cl)cc3c2OC[C@H]3O)cccc1-c1ccc2nc(NC3CCN(C)CC3)ncc2c1F. The van der Waals surface area contributed by atoms with Crippen LogP contribution in [0, 0.1) is 12.7 Å². The average Bonchev–Trinajstić information content (AvgIpc) is 3.31. The molecule has 41 heavy (non-hydrogen) atoms. The number of aliphatic hydroxyl groups is 1. The predicted octanol–water partition coefficient (Wildman–Crippen LogP) is 5.13. The van der Waals surface area contributed by atoms with Crippen LogP contribution in [0.4, 0.5) is 16.0 Å². The van der Waals surface area contributed by atoms with Crippen LogP contribution in [0.5, 0.6) is 5.75 Å². The summed E-state index contributed by atoms with van der Waals surface area (Å²) in [4.78, 5) is 11.0. The van der Waals surface area contributed by atoms with E-state index in [4.69, 9.17) is 16.3 Å². The molecule has 0 unspecified atom stereocenters. The van der Waals surface area contributed by atoms with Gasteiger partial charge in [-0.05, 0) is 81.4 Å². The molecule has 1 saturated heterocycles. The molecule has 0 amide bonds. The van der Waals surface area contributed by atoms with Crippen molar-refractivity contribution in [1.29, 1.82) is 0 Å². The molecule has 2 aliphatic rings. The smallest absolute Gasteiger partial charge is 0.265 e. The molecular weight excluding hydrogens is 569 g/mol. The van der Waals surface area contributed by atoms with Gasteiger partial charge in [-0.25, -0.2) is 22.8 Å². The Hall–Kier alpha value is -3.51. The van der Waals surface area contributed by atoms with Crippen LogP contribution in [0.1, 0.15) is 30.1 Å². The Kier molecular flexibility index (Phi) is 7.23. The van der Waals surface area contributed by atoms with Gasteiger partial charge in [0.1, 0.15) is 29.2 Å². The third-order valence-corrected chi connectivity index (χ3v) is 9.29. The number of rotatable bonds is 6. The molecule has 4 aromatic rings. The zero-order valence-corrected chi connectivity index (χ0v) is 24.1. The van der Waals surface area contributed by atoms with E-state index >= 15 is 4.39 Å². The first-order valence-corrected chi connectivity index (χ1v) is 15.1. The minimum atomic E-state index is -4.16. The topological polar surface area (TPSA) is 117 Å². The minimum absolute atomic E-state index is 0.0621. The quantitative estimate of drug-likeness (QED) is 0.280. The van der Waals surface area contributed by atoms with Crippen molar-refractivity contribution in [1.82, 2.24) is 14.9 Å². The number of anilines is 2. The molecule has 0 radical (unpaired) electrons. The maximum absolute atomic E-state index is 15.8. The van der Waals surface area contributed by atoms with Crippen LogP contribution in [0.3, 0.4) is 0 Å². The second-order valence-electron chi connectivity index (χ2n) is 10.5. The standard InChI is InChI=1S/C29H29ClFN5O4S/c1-16-19(4-3-5-23(16)35-41(38,39)26-13-17(30)12-21-25(37)15-40-28(21)26)20-6-7-24-22(27(20)31)14-32-29(34-24)33-18-8-10-36(2)11-9-18/h3-7,12-14,18,25,35,37H,8-11,15H2,1-2H3,(H,32,33,34)/t25-/m1/s1. The van der Waals surface area contributed by atoms with Gasteiger partial charge < -0.3 is 20.1 Å². The number of piperidine rings is 1. The highest BCUT2D eigenvalue weighted by Gasteiger charge is 2.31. The second kappa shape index (κ2) is 10.7. The lowest BCUT2D eigenvalue weighted by Crippen LogP contribution is -2.37. The highest BCUT2D eigenvalue weighted by Crippen LogP contribution is 2.41. The molecule has 12 heteroatoms. The number of sulfonamides is 1. The summed E-state index contributed by atoms with van der Waals surface area (Å²) in [5.74, 6) is 0.0377. The highest BCUT2D eigenvalue weighted by atomic mass is 35.5. The second-order valence-corrected chi connectivity index (χ2v) is 12.6. The van der Waals surface area contributed by atoms with Gasteiger partial charge in [-0.2, -0.15) is 0 Å². The Labute approximate surface area is 242 Å². The first-order chi connectivity index (χ1) is 19.6. The lowest BCUT2D eigenvalue weighted by atomic mass is 9.97. The Morgan fingerprint density at radius 3 is 2.71 bits per heavy atom. The van der Waals surface area contributed by atoms with Crippen LogP contribution >= 0.6 is 11.6 Å². The molecule has 1 atom stereocenters. The first-order valence-electron chi connectivity index (χ1n) is 13.3. The maximum Gasteiger partial charge on any atom is 0.265 e. The first kappa shape index (κ1) is 27.6. The normalized spacial score (nSPS) is 17.8. The summed E-state index contributed by atoms with van der Waals surface area (Å²) < 4.78 is 50.7. The largest absolute Gasteiger partial charge is 0.489 e. The van der Waals surface area contributed by atoms with Gasteiger partial charge in [0, 0.05) is 28.4 Å². The molecule has 0 aliphatic carbocycles. The van der Waals surface area contributed by atoms with E-state index in [1.165, 1.54) is 18.3 Å². The average molecular weight is 598 g/mol. The van der Waals surface area contributed by atoms with E-state index in [0.29, 0.717) is 33.7 Å². The zero-order chi connectivity index (χ0) is 28.9. The van der Waals surface area contributed by atoms with Crippen LogP contribution in [0.25, 0.3) is 22.0 Å². The molecule has 6 rings (SSSR count). The van der Waals surface area contributed by atoms with Crippen molar-refractivity contribution in [3.8, 4) is 16.9 Å². The number of fused-ring (bicyclic) bond motifs is 2. The van der Waals surface area contributed by atoms with Crippen molar-refractivity contribution >= 4 is 44.2 Å². The van der Waals surface area contributed by atoms with E-state index in [1.807, 2.05) is 0 Å². The van der Waals surface area contributed by atoms with Crippen LogP contribution < -0.4 is 14.8 Å². The number of ether oxygens (including phenoxy) is 1. The van der Waals surface area contributed by atoms with Gasteiger partial charge >= 0.3 is 0 Å². The van der Waals surface area contributed by atoms with Gasteiger partial charge in [-0.3, -0.25) is 4.72 Å². The van der Waals surface area contributed by atoms with Crippen LogP contribution in [-0.2, 0) is 10.0 Å². The molecule has 9 nitrogen and oxygen atoms in total. The van der Waals surface area contributed by atoms with Gasteiger partial charge in [0.2, 0.25) is 5.95 Å². The van der Waals surface area contributed by atoms with Crippen molar-refractivity contribution in [2.24, 2.45) is 0 Å². The Balaban J connectivity index is 1.30. The third kappa shape index (κ3) is 5.30. The molecule has 0 saturated carbocycles. The lowest BCUT2D eigenvalue weighted by molar-refractivity contribution is 0.140. The lowest BCUT2D eigenvalue weighted by Gasteiger charge is -2.29. The van der Waals surface area contributed by atoms with Crippen LogP contribution in [0.2, 0.25) is 5.02 Å². The Morgan fingerprint density at radius 2 is 1.93 bits per heavy atom. The summed E-state index contributed by atoms with van der Waals surface area (Å²) in [5, 5.41) is 13.9. The van der Waals surface area contributed by atoms with E-state index in [1.54, 1.807) is 37.3 Å². The van der Waals surface area contributed by atoms with Crippen molar-refractivity contribution in [3.05, 3.63) is 70.6 Å². The van der Waals surface area contributed by atoms with E-state index in [-0.39, 0.29) is 39.4 Å². The summed E-state index contributed by atoms with van der Waals surface area (Å²) in [6, 6.07) is 11.4. The number of nitrogens with zero attached hydrogens (tertiary/aromatic N) is 3. The molecule has 2 aliphatic heterocycles. The van der Waals surface area contributed by atoms with Crippen molar-refractivity contribution in [2.45, 2.75) is 36.8 Å². The van der Waals surface area contributed by atoms with E-state index in [2.05, 4.69) is 32.0 Å². The van der Waals surface area contributed by atoms with Gasteiger partial charge in [0.25, 0.3) is 10.0 Å². The molecule has 1 fully saturated rings. The molecular formula is C29H29ClFN5O4S. The Morgan fingerprint density at radius 1 is 1.15 bits per heavy atom. The molecule has 0 bridgehead atoms. The molecule has 214 valence electrons. The van der Waals surface area contributed by atoms with Gasteiger partial charge in [-0.15, -0.1) is 0 Å². The number of benzene rings is 3. The third-order valence-electron chi connectivity index (χ3n) is 7.70. The fraction of sp³-hybridized carbons (Fsp3) is 0.310. The summed E-state index contributed by atoms with van der Waals surface area (Å²) >= 11 is 6.15. The fourth-order valence-electron chi connectivity index (χ4n) is 5.36. The number of nitrogens with one attached hydrogen (secondary N) is 2. The predicted molar refractivity (Wildman–Crippen MR) is 157 cm³/mol. The number of aliphatic hydroxyl groups excluding tert-OH is 1. The number of halogens is 2. The number of likely N-dealkylation sites (tertiary alicyclic amines) is 1. The van der Waals surface area contributed by atoms with Crippen molar-refractivity contribution in [3.63, 3.8) is 0 Å². The Bertz CT molecular complexity index is 1760. The molecule has 3 heterocycles. The summed E-state index contributed by atoms with van der Waals surface area (Å²) in [5.41, 5.74) is 2.39. The monoisotopic (exact) mass is 597 g/mol. The zero-order valence-electron chi connectivity index (χ0n) is 22.5.